The third-order valence-corrected chi connectivity index (χ3v) is 2.79. The summed E-state index contributed by atoms with van der Waals surface area (Å²) in [5.41, 5.74) is 3.85. The molecule has 2 heteroatoms. The second-order valence-corrected chi connectivity index (χ2v) is 3.73. The molecule has 0 spiro atoms. The lowest BCUT2D eigenvalue weighted by Gasteiger charge is -2.09. The Hall–Kier alpha value is -1.83. The van der Waals surface area contributed by atoms with Gasteiger partial charge in [-0.2, -0.15) is 5.10 Å². The minimum Gasteiger partial charge on any atom is -0.265 e. The summed E-state index contributed by atoms with van der Waals surface area (Å²) in [6.07, 6.45) is 7.33. The fourth-order valence-corrected chi connectivity index (χ4v) is 2.01. The van der Waals surface area contributed by atoms with E-state index >= 15 is 0 Å². The van der Waals surface area contributed by atoms with Crippen LogP contribution in [0.3, 0.4) is 0 Å². The molecule has 0 saturated heterocycles. The van der Waals surface area contributed by atoms with E-state index in [1.807, 2.05) is 12.3 Å². The highest BCUT2D eigenvalue weighted by Crippen LogP contribution is 2.25. The summed E-state index contributed by atoms with van der Waals surface area (Å²) in [5, 5.41) is 4.40. The molecule has 0 aliphatic carbocycles. The fourth-order valence-electron chi connectivity index (χ4n) is 2.01. The van der Waals surface area contributed by atoms with Gasteiger partial charge in [0, 0.05) is 12.0 Å². The average Bonchev–Trinajstić information content (AvgIpc) is 2.74. The molecule has 2 nitrogen and oxygen atoms in total. The first-order valence-corrected chi connectivity index (χ1v) is 5.20. The zero-order chi connectivity index (χ0) is 10.1. The van der Waals surface area contributed by atoms with E-state index in [9.17, 15) is 0 Å². The Morgan fingerprint density at radius 3 is 2.80 bits per heavy atom. The Balaban J connectivity index is 2.11. The van der Waals surface area contributed by atoms with Crippen LogP contribution in [-0.4, -0.2) is 9.78 Å². The van der Waals surface area contributed by atoms with E-state index in [1.54, 1.807) is 0 Å². The highest BCUT2D eigenvalue weighted by atomic mass is 15.3. The van der Waals surface area contributed by atoms with Gasteiger partial charge in [-0.05, 0) is 5.56 Å². The van der Waals surface area contributed by atoms with E-state index in [2.05, 4.69) is 46.2 Å². The maximum atomic E-state index is 4.40. The van der Waals surface area contributed by atoms with Crippen molar-refractivity contribution in [3.8, 4) is 11.1 Å². The molecule has 3 rings (SSSR count). The number of nitrogens with zero attached hydrogens (tertiary/aromatic N) is 2. The van der Waals surface area contributed by atoms with Crippen molar-refractivity contribution >= 4 is 0 Å². The molecule has 15 heavy (non-hydrogen) atoms. The number of hydrogen-bond acceptors (Lipinski definition) is 1. The highest BCUT2D eigenvalue weighted by Gasteiger charge is 2.12. The molecule has 0 unspecified atom stereocenters. The predicted octanol–water partition coefficient (Wildman–Crippen LogP) is 2.66. The van der Waals surface area contributed by atoms with E-state index in [1.165, 1.54) is 16.8 Å². The van der Waals surface area contributed by atoms with Gasteiger partial charge in [-0.25, -0.2) is 0 Å². The monoisotopic (exact) mass is 196 g/mol. The third-order valence-electron chi connectivity index (χ3n) is 2.79. The largest absolute Gasteiger partial charge is 0.265 e. The molecular weight excluding hydrogens is 184 g/mol. The number of rotatable bonds is 1. The zero-order valence-electron chi connectivity index (χ0n) is 8.43. The fraction of sp³-hybridized carbons (Fsp3) is 0.154. The van der Waals surface area contributed by atoms with Crippen LogP contribution in [0.5, 0.6) is 0 Å². The van der Waals surface area contributed by atoms with Crippen molar-refractivity contribution in [3.05, 3.63) is 54.4 Å². The van der Waals surface area contributed by atoms with Crippen LogP contribution in [-0.2, 0) is 13.0 Å². The predicted molar refractivity (Wildman–Crippen MR) is 60.5 cm³/mol. The molecule has 0 radical (unpaired) electrons. The Kier molecular flexibility index (Phi) is 1.91. The molecule has 2 aromatic rings. The van der Waals surface area contributed by atoms with Gasteiger partial charge in [-0.15, -0.1) is 0 Å². The Labute approximate surface area is 88.9 Å². The maximum absolute atomic E-state index is 4.40. The summed E-state index contributed by atoms with van der Waals surface area (Å²) in [5.74, 6) is 0. The molecule has 0 fully saturated rings. The van der Waals surface area contributed by atoms with Crippen molar-refractivity contribution in [2.45, 2.75) is 13.0 Å². The van der Waals surface area contributed by atoms with Crippen molar-refractivity contribution < 1.29 is 0 Å². The molecule has 1 aliphatic heterocycles. The minimum atomic E-state index is 0.905. The second-order valence-electron chi connectivity index (χ2n) is 3.73. The molecule has 1 aliphatic rings. The molecule has 0 N–H and O–H groups in total. The summed E-state index contributed by atoms with van der Waals surface area (Å²) < 4.78 is 2.07. The van der Waals surface area contributed by atoms with Crippen LogP contribution in [0.1, 0.15) is 5.69 Å². The maximum Gasteiger partial charge on any atom is 0.0593 e. The average molecular weight is 196 g/mol. The van der Waals surface area contributed by atoms with Crippen LogP contribution in [0, 0.1) is 0 Å². The first kappa shape index (κ1) is 8.48. The number of benzene rings is 1. The van der Waals surface area contributed by atoms with Crippen molar-refractivity contribution in [1.29, 1.82) is 0 Å². The standard InChI is InChI=1S/C13H12N2/c1-2-6-11(7-3-1)12-10-14-15-9-5-4-8-13(12)15/h1-7,10H,8-9H2. The van der Waals surface area contributed by atoms with Crippen molar-refractivity contribution in [2.24, 2.45) is 0 Å². The van der Waals surface area contributed by atoms with Crippen LogP contribution in [0.15, 0.2) is 48.7 Å². The first-order chi connectivity index (χ1) is 7.45. The van der Waals surface area contributed by atoms with E-state index in [4.69, 9.17) is 0 Å². The third kappa shape index (κ3) is 1.38. The number of allylic oxidation sites excluding steroid dienone is 2. The van der Waals surface area contributed by atoms with Gasteiger partial charge in [0.05, 0.1) is 18.4 Å². The van der Waals surface area contributed by atoms with Gasteiger partial charge in [0.25, 0.3) is 0 Å². The molecule has 0 atom stereocenters. The summed E-state index contributed by atoms with van der Waals surface area (Å²) in [6.45, 7) is 0.905. The molecule has 2 heterocycles. The summed E-state index contributed by atoms with van der Waals surface area (Å²) in [7, 11) is 0. The Morgan fingerprint density at radius 1 is 1.07 bits per heavy atom. The minimum absolute atomic E-state index is 0.905. The van der Waals surface area contributed by atoms with E-state index < -0.39 is 0 Å². The number of hydrogen-bond donors (Lipinski definition) is 0. The van der Waals surface area contributed by atoms with Crippen molar-refractivity contribution in [1.82, 2.24) is 9.78 Å². The van der Waals surface area contributed by atoms with E-state index in [-0.39, 0.29) is 0 Å². The van der Waals surface area contributed by atoms with Gasteiger partial charge < -0.3 is 0 Å². The van der Waals surface area contributed by atoms with Gasteiger partial charge in [-0.1, -0.05) is 42.5 Å². The van der Waals surface area contributed by atoms with Gasteiger partial charge >= 0.3 is 0 Å². The van der Waals surface area contributed by atoms with Crippen molar-refractivity contribution in [3.63, 3.8) is 0 Å². The quantitative estimate of drug-likeness (QED) is 0.641. The van der Waals surface area contributed by atoms with E-state index in [0.717, 1.165) is 13.0 Å². The summed E-state index contributed by atoms with van der Waals surface area (Å²) >= 11 is 0. The molecule has 0 bridgehead atoms. The molecule has 1 aromatic heterocycles. The Bertz CT molecular complexity index is 495. The first-order valence-electron chi connectivity index (χ1n) is 5.20. The van der Waals surface area contributed by atoms with Gasteiger partial charge in [-0.3, -0.25) is 4.68 Å². The van der Waals surface area contributed by atoms with E-state index in [0.29, 0.717) is 0 Å². The molecular formula is C13H12N2. The van der Waals surface area contributed by atoms with Crippen LogP contribution >= 0.6 is 0 Å². The normalized spacial score (nSPS) is 13.9. The SMILES string of the molecule is C1=CCn2ncc(-c3ccccc3)c2C1. The molecule has 1 aromatic carbocycles. The molecule has 0 saturated carbocycles. The van der Waals surface area contributed by atoms with Crippen LogP contribution in [0.4, 0.5) is 0 Å². The zero-order valence-corrected chi connectivity index (χ0v) is 8.43. The highest BCUT2D eigenvalue weighted by molar-refractivity contribution is 5.65. The summed E-state index contributed by atoms with van der Waals surface area (Å²) in [6, 6.07) is 10.4. The van der Waals surface area contributed by atoms with Gasteiger partial charge in [0.15, 0.2) is 0 Å². The summed E-state index contributed by atoms with van der Waals surface area (Å²) in [4.78, 5) is 0. The molecule has 74 valence electrons. The van der Waals surface area contributed by atoms with Crippen LogP contribution in [0.25, 0.3) is 11.1 Å². The number of fused-ring (bicyclic) bond motifs is 1. The lowest BCUT2D eigenvalue weighted by Crippen LogP contribution is -2.07. The smallest absolute Gasteiger partial charge is 0.0593 e. The van der Waals surface area contributed by atoms with Gasteiger partial charge in [0.1, 0.15) is 0 Å². The van der Waals surface area contributed by atoms with Crippen LogP contribution < -0.4 is 0 Å². The molecule has 0 amide bonds. The second kappa shape index (κ2) is 3.39. The number of aromatic nitrogens is 2. The topological polar surface area (TPSA) is 17.8 Å². The lowest BCUT2D eigenvalue weighted by molar-refractivity contribution is 0.653. The van der Waals surface area contributed by atoms with Crippen LogP contribution in [0.2, 0.25) is 0 Å². The lowest BCUT2D eigenvalue weighted by atomic mass is 10.0. The Morgan fingerprint density at radius 2 is 1.93 bits per heavy atom. The van der Waals surface area contributed by atoms with Crippen molar-refractivity contribution in [2.75, 3.05) is 0 Å². The van der Waals surface area contributed by atoms with Gasteiger partial charge in [0.2, 0.25) is 0 Å².